The lowest BCUT2D eigenvalue weighted by molar-refractivity contribution is 0.101. The van der Waals surface area contributed by atoms with Crippen LogP contribution in [-0.2, 0) is 13.0 Å². The second kappa shape index (κ2) is 8.96. The number of ether oxygens (including phenoxy) is 2. The zero-order chi connectivity index (χ0) is 22.8. The number of hydrogen-bond donors (Lipinski definition) is 3. The van der Waals surface area contributed by atoms with E-state index in [9.17, 15) is 9.59 Å². The summed E-state index contributed by atoms with van der Waals surface area (Å²) < 4.78 is 11.1. The van der Waals surface area contributed by atoms with Crippen LogP contribution in [-0.4, -0.2) is 31.6 Å². The van der Waals surface area contributed by atoms with Gasteiger partial charge >= 0.3 is 0 Å². The number of carbonyl (C=O) groups excluding carboxylic acids is 2. The van der Waals surface area contributed by atoms with Crippen molar-refractivity contribution in [1.82, 2.24) is 5.32 Å². The van der Waals surface area contributed by atoms with E-state index in [0.717, 1.165) is 25.1 Å². The van der Waals surface area contributed by atoms with Crippen molar-refractivity contribution in [3.8, 4) is 11.5 Å². The fourth-order valence-corrected chi connectivity index (χ4v) is 4.04. The molecule has 3 aromatic carbocycles. The number of amides is 2. The van der Waals surface area contributed by atoms with Gasteiger partial charge in [-0.2, -0.15) is 0 Å². The van der Waals surface area contributed by atoms with Crippen LogP contribution in [0.25, 0.3) is 0 Å². The molecule has 0 spiro atoms. The molecule has 5 rings (SSSR count). The molecule has 168 valence electrons. The molecule has 7 heteroatoms. The first-order valence-corrected chi connectivity index (χ1v) is 11.0. The summed E-state index contributed by atoms with van der Waals surface area (Å²) in [7, 11) is 0. The normalized spacial score (nSPS) is 14.2. The van der Waals surface area contributed by atoms with Crippen molar-refractivity contribution in [2.45, 2.75) is 19.9 Å². The molecule has 0 saturated heterocycles. The number of carbonyl (C=O) groups is 2. The molecule has 0 aliphatic carbocycles. The highest BCUT2D eigenvalue weighted by Gasteiger charge is 2.17. The Morgan fingerprint density at radius 2 is 1.58 bits per heavy atom. The van der Waals surface area contributed by atoms with E-state index >= 15 is 0 Å². The molecule has 0 fully saturated rings. The van der Waals surface area contributed by atoms with Crippen LogP contribution in [0.15, 0.2) is 54.6 Å². The van der Waals surface area contributed by atoms with Gasteiger partial charge in [-0.1, -0.05) is 12.1 Å². The van der Waals surface area contributed by atoms with Crippen molar-refractivity contribution in [1.29, 1.82) is 0 Å². The number of benzene rings is 3. The molecule has 3 N–H and O–H groups in total. The lowest BCUT2D eigenvalue weighted by Gasteiger charge is -2.19. The molecular weight excluding hydrogens is 418 g/mol. The fourth-order valence-electron chi connectivity index (χ4n) is 4.04. The van der Waals surface area contributed by atoms with Gasteiger partial charge in [-0.3, -0.25) is 9.59 Å². The van der Waals surface area contributed by atoms with E-state index in [-0.39, 0.29) is 11.8 Å². The van der Waals surface area contributed by atoms with E-state index in [4.69, 9.17) is 9.47 Å². The number of aryl methyl sites for hydroxylation is 1. The average Bonchev–Trinajstić information content (AvgIpc) is 2.85. The molecule has 0 bridgehead atoms. The third-order valence-electron chi connectivity index (χ3n) is 5.90. The Balaban J connectivity index is 1.31. The average molecular weight is 444 g/mol. The van der Waals surface area contributed by atoms with Gasteiger partial charge in [0, 0.05) is 29.0 Å². The quantitative estimate of drug-likeness (QED) is 0.569. The Morgan fingerprint density at radius 1 is 0.818 bits per heavy atom. The molecule has 2 aliphatic rings. The molecule has 0 atom stereocenters. The van der Waals surface area contributed by atoms with Crippen LogP contribution in [0.2, 0.25) is 0 Å². The Hall–Kier alpha value is -3.84. The summed E-state index contributed by atoms with van der Waals surface area (Å²) in [5, 5.41) is 9.22. The van der Waals surface area contributed by atoms with Gasteiger partial charge in [-0.05, 0) is 79.0 Å². The van der Waals surface area contributed by atoms with E-state index in [1.807, 2.05) is 37.3 Å². The Morgan fingerprint density at radius 3 is 2.45 bits per heavy atom. The van der Waals surface area contributed by atoms with Crippen molar-refractivity contribution < 1.29 is 19.1 Å². The highest BCUT2D eigenvalue weighted by molar-refractivity contribution is 6.07. The zero-order valence-electron chi connectivity index (χ0n) is 18.4. The maximum absolute atomic E-state index is 12.9. The van der Waals surface area contributed by atoms with Gasteiger partial charge in [0.25, 0.3) is 11.8 Å². The third kappa shape index (κ3) is 4.54. The highest BCUT2D eigenvalue weighted by atomic mass is 16.6. The smallest absolute Gasteiger partial charge is 0.255 e. The second-order valence-electron chi connectivity index (χ2n) is 8.21. The summed E-state index contributed by atoms with van der Waals surface area (Å²) in [6, 6.07) is 16.4. The van der Waals surface area contributed by atoms with Crippen molar-refractivity contribution in [2.24, 2.45) is 0 Å². The van der Waals surface area contributed by atoms with Crippen LogP contribution in [0.4, 0.5) is 11.4 Å². The van der Waals surface area contributed by atoms with E-state index in [0.29, 0.717) is 47.2 Å². The largest absolute Gasteiger partial charge is 0.486 e. The summed E-state index contributed by atoms with van der Waals surface area (Å²) in [6.07, 6.45) is 0.914. The monoisotopic (exact) mass is 443 g/mol. The maximum atomic E-state index is 12.9. The van der Waals surface area contributed by atoms with E-state index in [1.54, 1.807) is 24.3 Å². The predicted octanol–water partition coefficient (Wildman–Crippen LogP) is 3.92. The topological polar surface area (TPSA) is 88.7 Å². The number of nitrogens with one attached hydrogen (secondary N) is 3. The van der Waals surface area contributed by atoms with Crippen LogP contribution in [0.5, 0.6) is 11.5 Å². The van der Waals surface area contributed by atoms with E-state index in [1.165, 1.54) is 11.1 Å². The van der Waals surface area contributed by atoms with Gasteiger partial charge in [0.15, 0.2) is 11.5 Å². The number of hydrogen-bond acceptors (Lipinski definition) is 5. The van der Waals surface area contributed by atoms with Crippen molar-refractivity contribution in [3.05, 3.63) is 82.4 Å². The summed E-state index contributed by atoms with van der Waals surface area (Å²) in [6.45, 7) is 4.63. The minimum atomic E-state index is -0.267. The van der Waals surface area contributed by atoms with Crippen LogP contribution in [0, 0.1) is 6.92 Å². The van der Waals surface area contributed by atoms with Gasteiger partial charge in [-0.25, -0.2) is 0 Å². The molecule has 2 amide bonds. The Labute approximate surface area is 192 Å². The lowest BCUT2D eigenvalue weighted by Crippen LogP contribution is -2.24. The SMILES string of the molecule is Cc1ccc(NC(=O)c2ccc3c(c2)OCCO3)cc1NC(=O)c1ccc2c(c1)CCNC2. The Kier molecular flexibility index (Phi) is 5.71. The summed E-state index contributed by atoms with van der Waals surface area (Å²) >= 11 is 0. The summed E-state index contributed by atoms with van der Waals surface area (Å²) in [5.41, 5.74) is 5.68. The molecule has 0 aromatic heterocycles. The molecule has 3 aromatic rings. The predicted molar refractivity (Wildman–Crippen MR) is 126 cm³/mol. The second-order valence-corrected chi connectivity index (χ2v) is 8.21. The van der Waals surface area contributed by atoms with Crippen molar-refractivity contribution in [2.75, 3.05) is 30.4 Å². The molecule has 7 nitrogen and oxygen atoms in total. The number of anilines is 2. The third-order valence-corrected chi connectivity index (χ3v) is 5.90. The van der Waals surface area contributed by atoms with Crippen LogP contribution < -0.4 is 25.4 Å². The van der Waals surface area contributed by atoms with Gasteiger partial charge in [-0.15, -0.1) is 0 Å². The standard InChI is InChI=1S/C26H25N3O4/c1-16-2-6-21(28-25(30)19-5-7-23-24(13-19)33-11-10-32-23)14-22(16)29-26(31)18-3-4-20-15-27-9-8-17(20)12-18/h2-7,12-14,27H,8-11,15H2,1H3,(H,28,30)(H,29,31). The van der Waals surface area contributed by atoms with Crippen LogP contribution in [0.1, 0.15) is 37.4 Å². The van der Waals surface area contributed by atoms with Gasteiger partial charge in [0.1, 0.15) is 13.2 Å². The molecular formula is C26H25N3O4. The molecule has 2 heterocycles. The minimum Gasteiger partial charge on any atom is -0.486 e. The highest BCUT2D eigenvalue weighted by Crippen LogP contribution is 2.31. The molecule has 0 saturated carbocycles. The Bertz CT molecular complexity index is 1240. The van der Waals surface area contributed by atoms with Gasteiger partial charge in [0.05, 0.1) is 0 Å². The van der Waals surface area contributed by atoms with Crippen LogP contribution >= 0.6 is 0 Å². The minimum absolute atomic E-state index is 0.172. The van der Waals surface area contributed by atoms with Crippen LogP contribution in [0.3, 0.4) is 0 Å². The van der Waals surface area contributed by atoms with E-state index < -0.39 is 0 Å². The number of fused-ring (bicyclic) bond motifs is 2. The molecule has 2 aliphatic heterocycles. The summed E-state index contributed by atoms with van der Waals surface area (Å²) in [4.78, 5) is 25.7. The van der Waals surface area contributed by atoms with Crippen molar-refractivity contribution in [3.63, 3.8) is 0 Å². The first-order valence-electron chi connectivity index (χ1n) is 11.0. The lowest BCUT2D eigenvalue weighted by atomic mass is 9.98. The molecule has 0 radical (unpaired) electrons. The number of rotatable bonds is 4. The summed E-state index contributed by atoms with van der Waals surface area (Å²) in [5.74, 6) is 0.759. The maximum Gasteiger partial charge on any atom is 0.255 e. The molecule has 33 heavy (non-hydrogen) atoms. The molecule has 0 unspecified atom stereocenters. The van der Waals surface area contributed by atoms with Crippen molar-refractivity contribution >= 4 is 23.2 Å². The zero-order valence-corrected chi connectivity index (χ0v) is 18.4. The van der Waals surface area contributed by atoms with E-state index in [2.05, 4.69) is 16.0 Å². The fraction of sp³-hybridized carbons (Fsp3) is 0.231. The van der Waals surface area contributed by atoms with Gasteiger partial charge in [0.2, 0.25) is 0 Å². The first-order chi connectivity index (χ1) is 16.1. The first kappa shape index (κ1) is 21.0. The van der Waals surface area contributed by atoms with Gasteiger partial charge < -0.3 is 25.4 Å².